The minimum Gasteiger partial charge on any atom is -0.495 e. The Hall–Kier alpha value is -3.28. The molecule has 3 N–H and O–H groups in total. The van der Waals surface area contributed by atoms with E-state index in [9.17, 15) is 18.0 Å². The average Bonchev–Trinajstić information content (AvgIpc) is 3.13. The van der Waals surface area contributed by atoms with E-state index >= 15 is 0 Å². The monoisotopic (exact) mass is 460 g/mol. The summed E-state index contributed by atoms with van der Waals surface area (Å²) in [4.78, 5) is 27.8. The standard InChI is InChI=1S/C20H20N4O5S2/c1-12(25)22-14-6-7-15-17(11-14)30-20(23-15)24-19(26)9-5-13-4-8-16(29-3)18(10-13)31(27,28)21-2/h4-11,21H,1-3H3,(H,22,25)(H,23,24,26)/b9-5+. The molecule has 0 unspecified atom stereocenters. The number of thiazole rings is 1. The zero-order valence-electron chi connectivity index (χ0n) is 16.9. The second kappa shape index (κ2) is 9.25. The van der Waals surface area contributed by atoms with Crippen molar-refractivity contribution in [1.29, 1.82) is 0 Å². The number of rotatable bonds is 7. The second-order valence-electron chi connectivity index (χ2n) is 6.32. The van der Waals surface area contributed by atoms with Crippen LogP contribution in [0.5, 0.6) is 5.75 Å². The molecule has 2 aromatic carbocycles. The molecule has 0 fully saturated rings. The van der Waals surface area contributed by atoms with Gasteiger partial charge in [-0.05, 0) is 49.0 Å². The minimum absolute atomic E-state index is 0.0267. The van der Waals surface area contributed by atoms with Crippen LogP contribution in [0.15, 0.2) is 47.4 Å². The lowest BCUT2D eigenvalue weighted by Crippen LogP contribution is -2.19. The highest BCUT2D eigenvalue weighted by molar-refractivity contribution is 7.89. The molecule has 3 aromatic rings. The normalized spacial score (nSPS) is 11.6. The van der Waals surface area contributed by atoms with Gasteiger partial charge in [0.1, 0.15) is 10.6 Å². The van der Waals surface area contributed by atoms with Crippen LogP contribution in [0.2, 0.25) is 0 Å². The Morgan fingerprint density at radius 3 is 2.58 bits per heavy atom. The summed E-state index contributed by atoms with van der Waals surface area (Å²) in [5.41, 5.74) is 1.85. The van der Waals surface area contributed by atoms with E-state index in [4.69, 9.17) is 4.74 Å². The fourth-order valence-electron chi connectivity index (χ4n) is 2.69. The van der Waals surface area contributed by atoms with Gasteiger partial charge >= 0.3 is 0 Å². The quantitative estimate of drug-likeness (QED) is 0.466. The first-order valence-corrected chi connectivity index (χ1v) is 11.3. The maximum absolute atomic E-state index is 12.3. The number of benzene rings is 2. The van der Waals surface area contributed by atoms with Crippen LogP contribution in [0.25, 0.3) is 16.3 Å². The van der Waals surface area contributed by atoms with Gasteiger partial charge in [-0.3, -0.25) is 14.9 Å². The largest absolute Gasteiger partial charge is 0.495 e. The number of aromatic nitrogens is 1. The van der Waals surface area contributed by atoms with Crippen molar-refractivity contribution in [3.8, 4) is 5.75 Å². The van der Waals surface area contributed by atoms with Gasteiger partial charge in [0.2, 0.25) is 21.8 Å². The highest BCUT2D eigenvalue weighted by Gasteiger charge is 2.17. The summed E-state index contributed by atoms with van der Waals surface area (Å²) in [5.74, 6) is -0.397. The maximum atomic E-state index is 12.3. The third-order valence-corrected chi connectivity index (χ3v) is 6.48. The van der Waals surface area contributed by atoms with E-state index < -0.39 is 15.9 Å². The summed E-state index contributed by atoms with van der Waals surface area (Å²) in [6, 6.07) is 9.83. The number of hydrogen-bond acceptors (Lipinski definition) is 7. The molecular weight excluding hydrogens is 440 g/mol. The Balaban J connectivity index is 1.76. The summed E-state index contributed by atoms with van der Waals surface area (Å²) in [6.45, 7) is 1.43. The Morgan fingerprint density at radius 2 is 1.90 bits per heavy atom. The van der Waals surface area contributed by atoms with Crippen LogP contribution >= 0.6 is 11.3 Å². The average molecular weight is 461 g/mol. The Bertz CT molecular complexity index is 1280. The molecule has 0 aliphatic heterocycles. The van der Waals surface area contributed by atoms with Crippen LogP contribution in [-0.4, -0.2) is 39.4 Å². The van der Waals surface area contributed by atoms with Crippen molar-refractivity contribution in [2.75, 3.05) is 24.8 Å². The molecule has 0 spiro atoms. The van der Waals surface area contributed by atoms with Crippen LogP contribution in [0.3, 0.4) is 0 Å². The van der Waals surface area contributed by atoms with Crippen LogP contribution in [0.4, 0.5) is 10.8 Å². The molecule has 1 heterocycles. The predicted octanol–water partition coefficient (Wildman–Crippen LogP) is 2.82. The summed E-state index contributed by atoms with van der Waals surface area (Å²) in [5, 5.41) is 5.78. The van der Waals surface area contributed by atoms with Crippen LogP contribution in [0, 0.1) is 0 Å². The fraction of sp³-hybridized carbons (Fsp3) is 0.150. The van der Waals surface area contributed by atoms with Gasteiger partial charge in [0, 0.05) is 18.7 Å². The first kappa shape index (κ1) is 22.4. The molecule has 3 rings (SSSR count). The zero-order chi connectivity index (χ0) is 22.6. The number of fused-ring (bicyclic) bond motifs is 1. The number of carbonyl (C=O) groups excluding carboxylic acids is 2. The van der Waals surface area contributed by atoms with Crippen LogP contribution < -0.4 is 20.1 Å². The maximum Gasteiger partial charge on any atom is 0.250 e. The van der Waals surface area contributed by atoms with E-state index in [1.165, 1.54) is 56.7 Å². The number of hydrogen-bond donors (Lipinski definition) is 3. The third kappa shape index (κ3) is 5.45. The topological polar surface area (TPSA) is 126 Å². The van der Waals surface area contributed by atoms with Crippen molar-refractivity contribution in [3.05, 3.63) is 48.0 Å². The van der Waals surface area contributed by atoms with Crippen molar-refractivity contribution in [1.82, 2.24) is 9.71 Å². The van der Waals surface area contributed by atoms with E-state index in [-0.39, 0.29) is 16.6 Å². The fourth-order valence-corrected chi connectivity index (χ4v) is 4.53. The SMILES string of the molecule is CNS(=O)(=O)c1cc(/C=C/C(=O)Nc2nc3ccc(NC(C)=O)cc3s2)ccc1OC. The molecular formula is C20H20N4O5S2. The van der Waals surface area contributed by atoms with E-state index in [1.54, 1.807) is 24.3 Å². The molecule has 0 aliphatic rings. The van der Waals surface area contributed by atoms with Crippen molar-refractivity contribution >= 4 is 60.3 Å². The van der Waals surface area contributed by atoms with Crippen molar-refractivity contribution < 1.29 is 22.7 Å². The molecule has 0 saturated carbocycles. The number of sulfonamides is 1. The predicted molar refractivity (Wildman–Crippen MR) is 121 cm³/mol. The lowest BCUT2D eigenvalue weighted by molar-refractivity contribution is -0.114. The Kier molecular flexibility index (Phi) is 6.68. The van der Waals surface area contributed by atoms with Gasteiger partial charge in [-0.25, -0.2) is 18.1 Å². The molecule has 0 atom stereocenters. The molecule has 11 heteroatoms. The smallest absolute Gasteiger partial charge is 0.250 e. The summed E-state index contributed by atoms with van der Waals surface area (Å²) >= 11 is 1.27. The van der Waals surface area contributed by atoms with Gasteiger partial charge in [-0.1, -0.05) is 17.4 Å². The van der Waals surface area contributed by atoms with Crippen molar-refractivity contribution in [2.24, 2.45) is 0 Å². The number of anilines is 2. The van der Waals surface area contributed by atoms with Gasteiger partial charge in [0.25, 0.3) is 0 Å². The van der Waals surface area contributed by atoms with Gasteiger partial charge in [0.15, 0.2) is 5.13 Å². The molecule has 1 aromatic heterocycles. The lowest BCUT2D eigenvalue weighted by atomic mass is 10.2. The van der Waals surface area contributed by atoms with Gasteiger partial charge in [0.05, 0.1) is 17.3 Å². The summed E-state index contributed by atoms with van der Waals surface area (Å²) in [6.07, 6.45) is 2.78. The first-order valence-electron chi connectivity index (χ1n) is 9.00. The number of nitrogens with zero attached hydrogens (tertiary/aromatic N) is 1. The van der Waals surface area contributed by atoms with E-state index in [2.05, 4.69) is 20.3 Å². The van der Waals surface area contributed by atoms with Crippen molar-refractivity contribution in [3.63, 3.8) is 0 Å². The molecule has 0 saturated heterocycles. The molecule has 2 amide bonds. The lowest BCUT2D eigenvalue weighted by Gasteiger charge is -2.09. The number of carbonyl (C=O) groups is 2. The van der Waals surface area contributed by atoms with Crippen LogP contribution in [0.1, 0.15) is 12.5 Å². The summed E-state index contributed by atoms with van der Waals surface area (Å²) < 4.78 is 32.5. The Morgan fingerprint density at radius 1 is 1.13 bits per heavy atom. The highest BCUT2D eigenvalue weighted by atomic mass is 32.2. The molecule has 31 heavy (non-hydrogen) atoms. The van der Waals surface area contributed by atoms with Gasteiger partial charge < -0.3 is 10.1 Å². The second-order valence-corrected chi connectivity index (χ2v) is 9.21. The van der Waals surface area contributed by atoms with Gasteiger partial charge in [-0.15, -0.1) is 0 Å². The number of nitrogens with one attached hydrogen (secondary N) is 3. The molecule has 0 aliphatic carbocycles. The summed E-state index contributed by atoms with van der Waals surface area (Å²) in [7, 11) is -1.03. The minimum atomic E-state index is -3.72. The zero-order valence-corrected chi connectivity index (χ0v) is 18.6. The van der Waals surface area contributed by atoms with E-state index in [0.717, 1.165) is 4.70 Å². The first-order chi connectivity index (χ1) is 14.7. The molecule has 0 radical (unpaired) electrons. The molecule has 9 nitrogen and oxygen atoms in total. The highest BCUT2D eigenvalue weighted by Crippen LogP contribution is 2.29. The van der Waals surface area contributed by atoms with E-state index in [0.29, 0.717) is 21.9 Å². The van der Waals surface area contributed by atoms with Crippen molar-refractivity contribution in [2.45, 2.75) is 11.8 Å². The Labute approximate surface area is 183 Å². The number of methoxy groups -OCH3 is 1. The third-order valence-electron chi connectivity index (χ3n) is 4.11. The molecule has 0 bridgehead atoms. The number of amides is 2. The number of ether oxygens (including phenoxy) is 1. The van der Waals surface area contributed by atoms with Crippen LogP contribution in [-0.2, 0) is 19.6 Å². The van der Waals surface area contributed by atoms with Gasteiger partial charge in [-0.2, -0.15) is 0 Å². The molecule has 162 valence electrons. The van der Waals surface area contributed by atoms with E-state index in [1.807, 2.05) is 0 Å².